The molecule has 0 amide bonds. The van der Waals surface area contributed by atoms with E-state index in [0.29, 0.717) is 11.6 Å². The number of nitrogens with one attached hydrogen (secondary N) is 1. The summed E-state index contributed by atoms with van der Waals surface area (Å²) in [6.07, 6.45) is 0.905. The Morgan fingerprint density at radius 3 is 2.59 bits per heavy atom. The normalized spacial score (nSPS) is 12.5. The summed E-state index contributed by atoms with van der Waals surface area (Å²) < 4.78 is 5.09. The van der Waals surface area contributed by atoms with Crippen molar-refractivity contribution in [1.82, 2.24) is 0 Å². The van der Waals surface area contributed by atoms with Gasteiger partial charge in [0.25, 0.3) is 0 Å². The Bertz CT molecular complexity index is 353. The lowest BCUT2D eigenvalue weighted by Gasteiger charge is -2.20. The highest BCUT2D eigenvalue weighted by Gasteiger charge is 2.11. The molecule has 0 aromatic heterocycles. The highest BCUT2D eigenvalue weighted by Crippen LogP contribution is 2.25. The molecule has 1 aromatic carbocycles. The monoisotopic (exact) mass is 238 g/mol. The van der Waals surface area contributed by atoms with E-state index in [9.17, 15) is 5.11 Å². The van der Waals surface area contributed by atoms with Crippen LogP contribution in [0.3, 0.4) is 0 Å². The molecule has 0 saturated heterocycles. The molecule has 4 N–H and O–H groups in total. The number of ether oxygens (including phenoxy) is 1. The fourth-order valence-electron chi connectivity index (χ4n) is 1.77. The third-order valence-corrected chi connectivity index (χ3v) is 2.59. The molecule has 0 spiro atoms. The Balaban J connectivity index is 2.72. The minimum atomic E-state index is 0.0331. The second kappa shape index (κ2) is 6.35. The highest BCUT2D eigenvalue weighted by atomic mass is 16.5. The first-order chi connectivity index (χ1) is 8.06. The molecule has 1 atom stereocenters. The van der Waals surface area contributed by atoms with Crippen LogP contribution < -0.4 is 15.8 Å². The molecule has 0 fully saturated rings. The number of nitrogen functional groups attached to an aromatic ring is 1. The summed E-state index contributed by atoms with van der Waals surface area (Å²) in [5.41, 5.74) is 7.38. The molecular weight excluding hydrogens is 216 g/mol. The van der Waals surface area contributed by atoms with E-state index < -0.39 is 0 Å². The van der Waals surface area contributed by atoms with Crippen LogP contribution in [-0.4, -0.2) is 24.9 Å². The van der Waals surface area contributed by atoms with Gasteiger partial charge in [-0.3, -0.25) is 0 Å². The van der Waals surface area contributed by atoms with E-state index in [4.69, 9.17) is 10.5 Å². The molecule has 0 radical (unpaired) electrons. The maximum atomic E-state index is 9.30. The van der Waals surface area contributed by atoms with Gasteiger partial charge in [0.1, 0.15) is 5.75 Å². The van der Waals surface area contributed by atoms with E-state index in [1.165, 1.54) is 0 Å². The summed E-state index contributed by atoms with van der Waals surface area (Å²) in [4.78, 5) is 0. The van der Waals surface area contributed by atoms with Gasteiger partial charge in [0.2, 0.25) is 0 Å². The fourth-order valence-corrected chi connectivity index (χ4v) is 1.77. The number of methoxy groups -OCH3 is 1. The molecular formula is C13H22N2O2. The van der Waals surface area contributed by atoms with Crippen molar-refractivity contribution >= 4 is 11.4 Å². The smallest absolute Gasteiger partial charge is 0.121 e. The standard InChI is InChI=1S/C13H22N2O2/c1-9(2)6-10(8-16)15-13-5-4-11(17-3)7-12(13)14/h4-5,7,9-10,15-16H,6,8,14H2,1-3H3. The van der Waals surface area contributed by atoms with Crippen LogP contribution in [0.1, 0.15) is 20.3 Å². The Morgan fingerprint density at radius 1 is 1.41 bits per heavy atom. The first-order valence-corrected chi connectivity index (χ1v) is 5.87. The van der Waals surface area contributed by atoms with Gasteiger partial charge in [-0.25, -0.2) is 0 Å². The number of hydrogen-bond acceptors (Lipinski definition) is 4. The Morgan fingerprint density at radius 2 is 2.12 bits per heavy atom. The second-order valence-electron chi connectivity index (χ2n) is 4.61. The molecule has 1 aromatic rings. The second-order valence-corrected chi connectivity index (χ2v) is 4.61. The molecule has 1 unspecified atom stereocenters. The maximum absolute atomic E-state index is 9.30. The third-order valence-electron chi connectivity index (χ3n) is 2.59. The topological polar surface area (TPSA) is 67.5 Å². The minimum absolute atomic E-state index is 0.0331. The zero-order valence-electron chi connectivity index (χ0n) is 10.7. The number of benzene rings is 1. The van der Waals surface area contributed by atoms with Crippen LogP contribution in [0.25, 0.3) is 0 Å². The van der Waals surface area contributed by atoms with Gasteiger partial charge < -0.3 is 20.9 Å². The lowest BCUT2D eigenvalue weighted by atomic mass is 10.0. The number of rotatable bonds is 6. The van der Waals surface area contributed by atoms with E-state index in [1.807, 2.05) is 12.1 Å². The van der Waals surface area contributed by atoms with Crippen molar-refractivity contribution in [3.63, 3.8) is 0 Å². The number of anilines is 2. The zero-order valence-corrected chi connectivity index (χ0v) is 10.7. The molecule has 0 heterocycles. The molecule has 0 aliphatic rings. The van der Waals surface area contributed by atoms with Crippen LogP contribution in [0.5, 0.6) is 5.75 Å². The molecule has 0 aliphatic heterocycles. The van der Waals surface area contributed by atoms with Crippen LogP contribution in [-0.2, 0) is 0 Å². The Kier molecular flexibility index (Phi) is 5.10. The molecule has 4 nitrogen and oxygen atoms in total. The lowest BCUT2D eigenvalue weighted by molar-refractivity contribution is 0.259. The van der Waals surface area contributed by atoms with E-state index in [2.05, 4.69) is 19.2 Å². The van der Waals surface area contributed by atoms with Crippen LogP contribution in [0.2, 0.25) is 0 Å². The summed E-state index contributed by atoms with van der Waals surface area (Å²) >= 11 is 0. The van der Waals surface area contributed by atoms with Crippen LogP contribution in [0, 0.1) is 5.92 Å². The Hall–Kier alpha value is -1.42. The maximum Gasteiger partial charge on any atom is 0.121 e. The van der Waals surface area contributed by atoms with Crippen molar-refractivity contribution in [2.45, 2.75) is 26.3 Å². The van der Waals surface area contributed by atoms with Gasteiger partial charge in [-0.2, -0.15) is 0 Å². The molecule has 0 saturated carbocycles. The number of nitrogens with two attached hydrogens (primary N) is 1. The van der Waals surface area contributed by atoms with Crippen LogP contribution in [0.15, 0.2) is 18.2 Å². The van der Waals surface area contributed by atoms with Gasteiger partial charge >= 0.3 is 0 Å². The predicted octanol–water partition coefficient (Wildman–Crippen LogP) is 2.10. The highest BCUT2D eigenvalue weighted by molar-refractivity contribution is 5.68. The Labute approximate surface area is 103 Å². The van der Waals surface area contributed by atoms with Crippen molar-refractivity contribution in [1.29, 1.82) is 0 Å². The van der Waals surface area contributed by atoms with E-state index in [0.717, 1.165) is 17.9 Å². The third kappa shape index (κ3) is 4.15. The molecule has 17 heavy (non-hydrogen) atoms. The van der Waals surface area contributed by atoms with Gasteiger partial charge in [-0.05, 0) is 24.5 Å². The average molecular weight is 238 g/mol. The fraction of sp³-hybridized carbons (Fsp3) is 0.538. The quantitative estimate of drug-likeness (QED) is 0.664. The van der Waals surface area contributed by atoms with Crippen molar-refractivity contribution in [3.05, 3.63) is 18.2 Å². The van der Waals surface area contributed by atoms with Crippen molar-refractivity contribution in [2.75, 3.05) is 24.8 Å². The molecule has 4 heteroatoms. The van der Waals surface area contributed by atoms with Crippen molar-refractivity contribution < 1.29 is 9.84 Å². The van der Waals surface area contributed by atoms with Gasteiger partial charge in [0.15, 0.2) is 0 Å². The number of hydrogen-bond donors (Lipinski definition) is 3. The zero-order chi connectivity index (χ0) is 12.8. The van der Waals surface area contributed by atoms with E-state index >= 15 is 0 Å². The first kappa shape index (κ1) is 13.6. The van der Waals surface area contributed by atoms with E-state index in [-0.39, 0.29) is 12.6 Å². The summed E-state index contributed by atoms with van der Waals surface area (Å²) in [5, 5.41) is 12.5. The van der Waals surface area contributed by atoms with Gasteiger partial charge in [-0.1, -0.05) is 13.8 Å². The summed E-state index contributed by atoms with van der Waals surface area (Å²) in [7, 11) is 1.61. The van der Waals surface area contributed by atoms with Gasteiger partial charge in [-0.15, -0.1) is 0 Å². The SMILES string of the molecule is COc1ccc(NC(CO)CC(C)C)c(N)c1. The van der Waals surface area contributed by atoms with Gasteiger partial charge in [0, 0.05) is 12.1 Å². The summed E-state index contributed by atoms with van der Waals surface area (Å²) in [5.74, 6) is 1.26. The van der Waals surface area contributed by atoms with Crippen LogP contribution in [0.4, 0.5) is 11.4 Å². The van der Waals surface area contributed by atoms with Crippen LogP contribution >= 0.6 is 0 Å². The van der Waals surface area contributed by atoms with Crippen molar-refractivity contribution in [3.8, 4) is 5.75 Å². The number of aliphatic hydroxyl groups is 1. The van der Waals surface area contributed by atoms with Gasteiger partial charge in [0.05, 0.1) is 25.1 Å². The van der Waals surface area contributed by atoms with E-state index in [1.54, 1.807) is 13.2 Å². The van der Waals surface area contributed by atoms with Crippen molar-refractivity contribution in [2.24, 2.45) is 5.92 Å². The summed E-state index contributed by atoms with van der Waals surface area (Å²) in [6.45, 7) is 4.35. The molecule has 1 rings (SSSR count). The lowest BCUT2D eigenvalue weighted by Crippen LogP contribution is -2.26. The molecule has 0 aliphatic carbocycles. The average Bonchev–Trinajstić information content (AvgIpc) is 2.29. The predicted molar refractivity (Wildman–Crippen MR) is 71.4 cm³/mol. The summed E-state index contributed by atoms with van der Waals surface area (Å²) in [6, 6.07) is 5.52. The minimum Gasteiger partial charge on any atom is -0.497 e. The number of aliphatic hydroxyl groups excluding tert-OH is 1. The molecule has 96 valence electrons. The molecule has 0 bridgehead atoms. The first-order valence-electron chi connectivity index (χ1n) is 5.87. The largest absolute Gasteiger partial charge is 0.497 e.